The molecule has 5 nitrogen and oxygen atoms in total. The molecule has 1 atom stereocenters. The van der Waals surface area contributed by atoms with E-state index in [-0.39, 0.29) is 0 Å². The van der Waals surface area contributed by atoms with Crippen LogP contribution in [-0.4, -0.2) is 34.0 Å². The molecule has 1 saturated heterocycles. The van der Waals surface area contributed by atoms with E-state index in [1.807, 2.05) is 0 Å². The summed E-state index contributed by atoms with van der Waals surface area (Å²) < 4.78 is 16.6. The van der Waals surface area contributed by atoms with E-state index in [0.29, 0.717) is 23.4 Å². The van der Waals surface area contributed by atoms with Gasteiger partial charge in [-0.05, 0) is 49.1 Å². The van der Waals surface area contributed by atoms with Crippen molar-refractivity contribution in [1.82, 2.24) is 0 Å². The van der Waals surface area contributed by atoms with E-state index in [9.17, 15) is 0 Å². The van der Waals surface area contributed by atoms with Crippen molar-refractivity contribution in [3.63, 3.8) is 0 Å². The first-order valence-corrected chi connectivity index (χ1v) is 9.68. The first-order chi connectivity index (χ1) is 13.3. The Morgan fingerprint density at radius 2 is 1.59 bits per heavy atom. The zero-order valence-electron chi connectivity index (χ0n) is 16.4. The maximum Gasteiger partial charge on any atom is 0.203 e. The summed E-state index contributed by atoms with van der Waals surface area (Å²) in [4.78, 5) is 5.11. The minimum absolute atomic E-state index is 0.420. The fourth-order valence-corrected chi connectivity index (χ4v) is 4.42. The lowest BCUT2D eigenvalue weighted by molar-refractivity contribution is 0.323. The highest BCUT2D eigenvalue weighted by Crippen LogP contribution is 2.44. The molecule has 0 saturated carbocycles. The van der Waals surface area contributed by atoms with Gasteiger partial charge in [0.15, 0.2) is 11.5 Å². The predicted molar refractivity (Wildman–Crippen MR) is 108 cm³/mol. The molecule has 1 fully saturated rings. The molecular weight excluding hydrogens is 340 g/mol. The number of ether oxygens (including phenoxy) is 3. The van der Waals surface area contributed by atoms with E-state index in [0.717, 1.165) is 18.7 Å². The van der Waals surface area contributed by atoms with Crippen molar-refractivity contribution in [2.45, 2.75) is 38.4 Å². The molecule has 4 rings (SSSR count). The number of hydrogen-bond donors (Lipinski definition) is 0. The normalized spacial score (nSPS) is 18.6. The monoisotopic (exact) mass is 368 g/mol. The van der Waals surface area contributed by atoms with E-state index in [2.05, 4.69) is 46.2 Å². The van der Waals surface area contributed by atoms with Crippen molar-refractivity contribution in [2.24, 2.45) is 0 Å². The average molecular weight is 368 g/mol. The summed E-state index contributed by atoms with van der Waals surface area (Å²) in [5, 5.41) is 0. The lowest BCUT2D eigenvalue weighted by Crippen LogP contribution is -2.42. The van der Waals surface area contributed by atoms with Gasteiger partial charge in [0, 0.05) is 13.1 Å². The Labute approximate surface area is 161 Å². The largest absolute Gasteiger partial charge is 0.493 e. The molecule has 0 bridgehead atoms. The van der Waals surface area contributed by atoms with Crippen LogP contribution in [0.1, 0.15) is 31.2 Å². The number of para-hydroxylation sites is 2. The molecule has 5 heteroatoms. The van der Waals surface area contributed by atoms with E-state index < -0.39 is 0 Å². The molecule has 0 aliphatic carbocycles. The summed E-state index contributed by atoms with van der Waals surface area (Å²) >= 11 is 0. The summed E-state index contributed by atoms with van der Waals surface area (Å²) in [6, 6.07) is 12.9. The van der Waals surface area contributed by atoms with Crippen LogP contribution in [0.5, 0.6) is 17.2 Å². The van der Waals surface area contributed by atoms with Crippen LogP contribution in [0.3, 0.4) is 0 Å². The van der Waals surface area contributed by atoms with Crippen LogP contribution in [0, 0.1) is 0 Å². The van der Waals surface area contributed by atoms with Gasteiger partial charge in [-0.2, -0.15) is 0 Å². The summed E-state index contributed by atoms with van der Waals surface area (Å²) in [5.41, 5.74) is 3.83. The summed E-state index contributed by atoms with van der Waals surface area (Å²) in [6.07, 6.45) is 5.47. The smallest absolute Gasteiger partial charge is 0.203 e. The lowest BCUT2D eigenvalue weighted by atomic mass is 10.1. The third-order valence-electron chi connectivity index (χ3n) is 5.66. The molecule has 0 N–H and O–H groups in total. The maximum atomic E-state index is 5.55. The number of anilines is 2. The van der Waals surface area contributed by atoms with Crippen LogP contribution in [-0.2, 0) is 6.54 Å². The fourth-order valence-electron chi connectivity index (χ4n) is 4.42. The Morgan fingerprint density at radius 3 is 2.26 bits per heavy atom. The van der Waals surface area contributed by atoms with Gasteiger partial charge in [0.05, 0.1) is 32.7 Å². The van der Waals surface area contributed by atoms with Gasteiger partial charge in [0.1, 0.15) is 6.17 Å². The predicted octanol–water partition coefficient (Wildman–Crippen LogP) is 4.44. The Kier molecular flexibility index (Phi) is 5.01. The molecule has 0 aromatic heterocycles. The number of benzene rings is 2. The number of hydrogen-bond acceptors (Lipinski definition) is 5. The Bertz CT molecular complexity index is 783. The van der Waals surface area contributed by atoms with Gasteiger partial charge in [-0.15, -0.1) is 0 Å². The Morgan fingerprint density at radius 1 is 0.889 bits per heavy atom. The minimum atomic E-state index is 0.420. The molecule has 0 spiro atoms. The molecule has 2 aliphatic rings. The van der Waals surface area contributed by atoms with E-state index in [1.54, 1.807) is 21.3 Å². The van der Waals surface area contributed by atoms with Gasteiger partial charge in [-0.3, -0.25) is 0 Å². The van der Waals surface area contributed by atoms with Crippen LogP contribution < -0.4 is 24.0 Å². The van der Waals surface area contributed by atoms with E-state index >= 15 is 0 Å². The van der Waals surface area contributed by atoms with Crippen molar-refractivity contribution in [1.29, 1.82) is 0 Å². The topological polar surface area (TPSA) is 34.2 Å². The van der Waals surface area contributed by atoms with Crippen molar-refractivity contribution in [3.05, 3.63) is 42.0 Å². The van der Waals surface area contributed by atoms with Crippen LogP contribution >= 0.6 is 0 Å². The van der Waals surface area contributed by atoms with Crippen molar-refractivity contribution < 1.29 is 14.2 Å². The Hall–Kier alpha value is -2.56. The standard InChI is InChI=1S/C22H28N2O3/c1-25-19-13-16(14-20(26-2)22(19)27-3)15-24-18-10-7-6-9-17(18)23-12-8-4-5-11-21(23)24/h6-7,9-10,13-14,21H,4-5,8,11-12,15H2,1-3H3. The number of rotatable bonds is 5. The molecule has 2 aromatic rings. The average Bonchev–Trinajstić information content (AvgIpc) is 2.86. The lowest BCUT2D eigenvalue weighted by Gasteiger charge is -2.32. The molecule has 27 heavy (non-hydrogen) atoms. The first-order valence-electron chi connectivity index (χ1n) is 9.68. The van der Waals surface area contributed by atoms with E-state index in [4.69, 9.17) is 14.2 Å². The zero-order valence-corrected chi connectivity index (χ0v) is 16.4. The SMILES string of the molecule is COc1cc(CN2c3ccccc3N3CCCCCC32)cc(OC)c1OC. The van der Waals surface area contributed by atoms with Gasteiger partial charge in [0.2, 0.25) is 5.75 Å². The highest BCUT2D eigenvalue weighted by Gasteiger charge is 2.36. The fraction of sp³-hybridized carbons (Fsp3) is 0.455. The summed E-state index contributed by atoms with van der Waals surface area (Å²) in [7, 11) is 4.97. The van der Waals surface area contributed by atoms with Gasteiger partial charge < -0.3 is 24.0 Å². The molecule has 144 valence electrons. The van der Waals surface area contributed by atoms with Gasteiger partial charge >= 0.3 is 0 Å². The van der Waals surface area contributed by atoms with Gasteiger partial charge in [-0.1, -0.05) is 18.6 Å². The third kappa shape index (κ3) is 3.15. The van der Waals surface area contributed by atoms with Crippen LogP contribution in [0.15, 0.2) is 36.4 Å². The highest BCUT2D eigenvalue weighted by atomic mass is 16.5. The van der Waals surface area contributed by atoms with Crippen molar-refractivity contribution in [2.75, 3.05) is 37.7 Å². The van der Waals surface area contributed by atoms with Crippen LogP contribution in [0.4, 0.5) is 11.4 Å². The van der Waals surface area contributed by atoms with Gasteiger partial charge in [0.25, 0.3) is 0 Å². The van der Waals surface area contributed by atoms with E-state index in [1.165, 1.54) is 37.1 Å². The number of fused-ring (bicyclic) bond motifs is 3. The first kappa shape index (κ1) is 17.8. The van der Waals surface area contributed by atoms with Crippen LogP contribution in [0.2, 0.25) is 0 Å². The zero-order chi connectivity index (χ0) is 18.8. The third-order valence-corrected chi connectivity index (χ3v) is 5.66. The van der Waals surface area contributed by atoms with Gasteiger partial charge in [-0.25, -0.2) is 0 Å². The molecule has 2 heterocycles. The number of nitrogens with zero attached hydrogens (tertiary/aromatic N) is 2. The summed E-state index contributed by atoms with van der Waals surface area (Å²) in [5.74, 6) is 2.05. The minimum Gasteiger partial charge on any atom is -0.493 e. The maximum absolute atomic E-state index is 5.55. The molecule has 1 unspecified atom stereocenters. The second-order valence-corrected chi connectivity index (χ2v) is 7.17. The molecule has 2 aromatic carbocycles. The summed E-state index contributed by atoms with van der Waals surface area (Å²) in [6.45, 7) is 1.95. The molecule has 0 amide bonds. The quantitative estimate of drug-likeness (QED) is 0.779. The van der Waals surface area contributed by atoms with Crippen LogP contribution in [0.25, 0.3) is 0 Å². The van der Waals surface area contributed by atoms with Crippen molar-refractivity contribution >= 4 is 11.4 Å². The second kappa shape index (κ2) is 7.59. The molecule has 0 radical (unpaired) electrons. The Balaban J connectivity index is 1.71. The molecule has 2 aliphatic heterocycles. The van der Waals surface area contributed by atoms with Crippen molar-refractivity contribution in [3.8, 4) is 17.2 Å². The molecular formula is C22H28N2O3. The highest BCUT2D eigenvalue weighted by molar-refractivity contribution is 5.77. The second-order valence-electron chi connectivity index (χ2n) is 7.17. The number of methoxy groups -OCH3 is 3.